The van der Waals surface area contributed by atoms with Crippen LogP contribution in [-0.2, 0) is 4.79 Å². The van der Waals surface area contributed by atoms with Gasteiger partial charge < -0.3 is 16.0 Å². The Balaban J connectivity index is 2.47. The molecule has 0 saturated carbocycles. The number of hydrogen-bond acceptors (Lipinski definition) is 3. The number of amides is 1. The first-order valence-electron chi connectivity index (χ1n) is 4.82. The molecule has 0 aliphatic carbocycles. The van der Waals surface area contributed by atoms with Gasteiger partial charge in [0.25, 0.3) is 5.56 Å². The van der Waals surface area contributed by atoms with Gasteiger partial charge >= 0.3 is 0 Å². The first-order chi connectivity index (χ1) is 7.70. The number of H-pyrrole nitrogens is 1. The molecular formula is C11H11N3O2. The maximum Gasteiger partial charge on any atom is 0.255 e. The van der Waals surface area contributed by atoms with Crippen molar-refractivity contribution in [2.24, 2.45) is 5.73 Å². The van der Waals surface area contributed by atoms with Crippen molar-refractivity contribution in [2.45, 2.75) is 0 Å². The highest BCUT2D eigenvalue weighted by Crippen LogP contribution is 2.15. The summed E-state index contributed by atoms with van der Waals surface area (Å²) in [6.45, 7) is -0.0802. The molecule has 0 radical (unpaired) electrons. The maximum atomic E-state index is 11.5. The topological polar surface area (TPSA) is 88.0 Å². The van der Waals surface area contributed by atoms with Crippen LogP contribution in [0.1, 0.15) is 0 Å². The summed E-state index contributed by atoms with van der Waals surface area (Å²) in [7, 11) is 0. The minimum atomic E-state index is -0.285. The molecule has 2 aromatic rings. The summed E-state index contributed by atoms with van der Waals surface area (Å²) in [4.78, 5) is 25.1. The molecule has 2 rings (SSSR count). The summed E-state index contributed by atoms with van der Waals surface area (Å²) in [6, 6.07) is 6.93. The van der Waals surface area contributed by atoms with Gasteiger partial charge in [-0.25, -0.2) is 0 Å². The lowest BCUT2D eigenvalue weighted by atomic mass is 10.1. The molecule has 0 aliphatic heterocycles. The van der Waals surface area contributed by atoms with Gasteiger partial charge in [0.05, 0.1) is 6.54 Å². The lowest BCUT2D eigenvalue weighted by Crippen LogP contribution is -2.21. The van der Waals surface area contributed by atoms with E-state index in [1.807, 2.05) is 0 Å². The highest BCUT2D eigenvalue weighted by atomic mass is 16.1. The Morgan fingerprint density at radius 3 is 2.94 bits per heavy atom. The third-order valence-corrected chi connectivity index (χ3v) is 2.24. The van der Waals surface area contributed by atoms with Crippen molar-refractivity contribution in [3.05, 3.63) is 40.8 Å². The molecule has 1 aromatic carbocycles. The van der Waals surface area contributed by atoms with Gasteiger partial charge in [-0.1, -0.05) is 6.07 Å². The van der Waals surface area contributed by atoms with E-state index in [0.717, 1.165) is 5.39 Å². The van der Waals surface area contributed by atoms with E-state index in [4.69, 9.17) is 5.73 Å². The van der Waals surface area contributed by atoms with Gasteiger partial charge in [0.15, 0.2) is 0 Å². The molecule has 4 N–H and O–H groups in total. The summed E-state index contributed by atoms with van der Waals surface area (Å²) in [5.74, 6) is -0.285. The summed E-state index contributed by atoms with van der Waals surface area (Å²) >= 11 is 0. The fraction of sp³-hybridized carbons (Fsp3) is 0.0909. The monoisotopic (exact) mass is 217 g/mol. The van der Waals surface area contributed by atoms with E-state index in [-0.39, 0.29) is 18.0 Å². The molecule has 0 spiro atoms. The summed E-state index contributed by atoms with van der Waals surface area (Å²) in [5.41, 5.74) is 5.57. The van der Waals surface area contributed by atoms with E-state index in [2.05, 4.69) is 10.3 Å². The minimum Gasteiger partial charge on any atom is -0.329 e. The number of aromatic amines is 1. The summed E-state index contributed by atoms with van der Waals surface area (Å²) < 4.78 is 0. The van der Waals surface area contributed by atoms with Gasteiger partial charge in [0, 0.05) is 17.3 Å². The molecule has 0 unspecified atom stereocenters. The Kier molecular flexibility index (Phi) is 2.70. The zero-order valence-electron chi connectivity index (χ0n) is 8.49. The van der Waals surface area contributed by atoms with Gasteiger partial charge in [0.2, 0.25) is 5.91 Å². The summed E-state index contributed by atoms with van der Waals surface area (Å²) in [5, 5.41) is 3.96. The van der Waals surface area contributed by atoms with Crippen LogP contribution in [0.5, 0.6) is 0 Å². The van der Waals surface area contributed by atoms with E-state index in [1.54, 1.807) is 30.5 Å². The average molecular weight is 217 g/mol. The number of rotatable bonds is 2. The number of carbonyl (C=O) groups is 1. The molecule has 0 atom stereocenters. The predicted molar refractivity (Wildman–Crippen MR) is 62.3 cm³/mol. The maximum absolute atomic E-state index is 11.5. The highest BCUT2D eigenvalue weighted by Gasteiger charge is 2.02. The van der Waals surface area contributed by atoms with Gasteiger partial charge in [-0.2, -0.15) is 0 Å². The minimum absolute atomic E-state index is 0.0802. The zero-order chi connectivity index (χ0) is 11.5. The van der Waals surface area contributed by atoms with Crippen LogP contribution in [-0.4, -0.2) is 17.4 Å². The molecule has 1 aromatic heterocycles. The second-order valence-corrected chi connectivity index (χ2v) is 3.36. The van der Waals surface area contributed by atoms with Gasteiger partial charge in [-0.3, -0.25) is 9.59 Å². The number of fused-ring (bicyclic) bond motifs is 1. The zero-order valence-corrected chi connectivity index (χ0v) is 8.49. The number of aromatic nitrogens is 1. The Morgan fingerprint density at radius 1 is 1.38 bits per heavy atom. The van der Waals surface area contributed by atoms with Crippen molar-refractivity contribution in [1.29, 1.82) is 0 Å². The number of nitrogens with one attached hydrogen (secondary N) is 2. The van der Waals surface area contributed by atoms with Crippen molar-refractivity contribution in [3.8, 4) is 0 Å². The molecule has 1 heterocycles. The third kappa shape index (κ3) is 1.94. The molecule has 5 nitrogen and oxygen atoms in total. The smallest absolute Gasteiger partial charge is 0.255 e. The Hall–Kier alpha value is -2.14. The second kappa shape index (κ2) is 4.16. The molecule has 0 fully saturated rings. The van der Waals surface area contributed by atoms with E-state index in [1.165, 1.54) is 0 Å². The van der Waals surface area contributed by atoms with Crippen LogP contribution in [0.15, 0.2) is 35.3 Å². The number of nitrogens with two attached hydrogens (primary N) is 1. The average Bonchev–Trinajstić information content (AvgIpc) is 2.30. The normalized spacial score (nSPS) is 10.3. The summed E-state index contributed by atoms with van der Waals surface area (Å²) in [6.07, 6.45) is 1.59. The van der Waals surface area contributed by atoms with Crippen LogP contribution in [0.25, 0.3) is 10.8 Å². The fourth-order valence-electron chi connectivity index (χ4n) is 1.47. The standard InChI is InChI=1S/C11H11N3O2/c12-6-10(15)14-8-2-1-7-3-4-13-11(16)9(7)5-8/h1-5H,6,12H2,(H,13,16)(H,14,15). The predicted octanol–water partition coefficient (Wildman–Crippen LogP) is 0.425. The van der Waals surface area contributed by atoms with Crippen molar-refractivity contribution in [3.63, 3.8) is 0 Å². The number of anilines is 1. The molecular weight excluding hydrogens is 206 g/mol. The van der Waals surface area contributed by atoms with Crippen molar-refractivity contribution in [1.82, 2.24) is 4.98 Å². The molecule has 16 heavy (non-hydrogen) atoms. The van der Waals surface area contributed by atoms with E-state index in [0.29, 0.717) is 11.1 Å². The number of carbonyl (C=O) groups excluding carboxylic acids is 1. The number of hydrogen-bond donors (Lipinski definition) is 3. The van der Waals surface area contributed by atoms with Crippen LogP contribution in [0, 0.1) is 0 Å². The van der Waals surface area contributed by atoms with E-state index >= 15 is 0 Å². The lowest BCUT2D eigenvalue weighted by molar-refractivity contribution is -0.114. The largest absolute Gasteiger partial charge is 0.329 e. The number of pyridine rings is 1. The SMILES string of the molecule is NCC(=O)Nc1ccc2cc[nH]c(=O)c2c1. The highest BCUT2D eigenvalue weighted by molar-refractivity contribution is 5.95. The fourth-order valence-corrected chi connectivity index (χ4v) is 1.47. The molecule has 0 bridgehead atoms. The van der Waals surface area contributed by atoms with Crippen LogP contribution >= 0.6 is 0 Å². The Bertz CT molecular complexity index is 589. The lowest BCUT2D eigenvalue weighted by Gasteiger charge is -2.04. The first kappa shape index (κ1) is 10.4. The second-order valence-electron chi connectivity index (χ2n) is 3.36. The van der Waals surface area contributed by atoms with E-state index < -0.39 is 0 Å². The van der Waals surface area contributed by atoms with Crippen LogP contribution < -0.4 is 16.6 Å². The molecule has 5 heteroatoms. The molecule has 0 saturated heterocycles. The van der Waals surface area contributed by atoms with Crippen LogP contribution in [0.2, 0.25) is 0 Å². The van der Waals surface area contributed by atoms with Gasteiger partial charge in [0.1, 0.15) is 0 Å². The third-order valence-electron chi connectivity index (χ3n) is 2.24. The van der Waals surface area contributed by atoms with Crippen LogP contribution in [0.4, 0.5) is 5.69 Å². The number of benzene rings is 1. The molecule has 1 amide bonds. The Labute approximate surface area is 91.3 Å². The van der Waals surface area contributed by atoms with Crippen molar-refractivity contribution >= 4 is 22.4 Å². The van der Waals surface area contributed by atoms with Crippen molar-refractivity contribution in [2.75, 3.05) is 11.9 Å². The molecule has 0 aliphatic rings. The van der Waals surface area contributed by atoms with Crippen LogP contribution in [0.3, 0.4) is 0 Å². The van der Waals surface area contributed by atoms with E-state index in [9.17, 15) is 9.59 Å². The van der Waals surface area contributed by atoms with Crippen molar-refractivity contribution < 1.29 is 4.79 Å². The quantitative estimate of drug-likeness (QED) is 0.681. The van der Waals surface area contributed by atoms with Gasteiger partial charge in [-0.05, 0) is 23.6 Å². The molecule has 82 valence electrons. The first-order valence-corrected chi connectivity index (χ1v) is 4.82. The van der Waals surface area contributed by atoms with Gasteiger partial charge in [-0.15, -0.1) is 0 Å². The Morgan fingerprint density at radius 2 is 2.19 bits per heavy atom.